The third kappa shape index (κ3) is 3.46. The largest absolute Gasteiger partial charge is 0.290 e. The minimum Gasteiger partial charge on any atom is -0.290 e. The maximum atomic E-state index is 12.6. The molecule has 0 radical (unpaired) electrons. The molecule has 1 aliphatic rings. The summed E-state index contributed by atoms with van der Waals surface area (Å²) in [5.41, 5.74) is 1.99. The second-order valence-electron chi connectivity index (χ2n) is 5.80. The van der Waals surface area contributed by atoms with Gasteiger partial charge in [0.2, 0.25) is 11.8 Å². The SMILES string of the molecule is CN(Cc1cccnc1)C1CC(=O)N(Cc2ccccc2)C1=O. The van der Waals surface area contributed by atoms with E-state index in [0.29, 0.717) is 13.1 Å². The fraction of sp³-hybridized carbons (Fsp3) is 0.278. The lowest BCUT2D eigenvalue weighted by atomic mass is 10.2. The van der Waals surface area contributed by atoms with Gasteiger partial charge in [0.1, 0.15) is 0 Å². The highest BCUT2D eigenvalue weighted by atomic mass is 16.2. The summed E-state index contributed by atoms with van der Waals surface area (Å²) in [5, 5.41) is 0. The molecule has 0 spiro atoms. The minimum atomic E-state index is -0.397. The molecule has 0 N–H and O–H groups in total. The molecule has 3 rings (SSSR count). The van der Waals surface area contributed by atoms with E-state index < -0.39 is 6.04 Å². The van der Waals surface area contributed by atoms with E-state index in [1.165, 1.54) is 4.90 Å². The molecule has 1 aromatic carbocycles. The first-order valence-corrected chi connectivity index (χ1v) is 7.62. The van der Waals surface area contributed by atoms with Gasteiger partial charge < -0.3 is 0 Å². The normalized spacial score (nSPS) is 18.0. The lowest BCUT2D eigenvalue weighted by Crippen LogP contribution is -2.39. The third-order valence-corrected chi connectivity index (χ3v) is 4.09. The Balaban J connectivity index is 1.68. The summed E-state index contributed by atoms with van der Waals surface area (Å²) in [4.78, 5) is 32.2. The summed E-state index contributed by atoms with van der Waals surface area (Å²) >= 11 is 0. The second-order valence-corrected chi connectivity index (χ2v) is 5.80. The van der Waals surface area contributed by atoms with E-state index in [9.17, 15) is 9.59 Å². The first-order chi connectivity index (χ1) is 11.1. The van der Waals surface area contributed by atoms with Crippen LogP contribution >= 0.6 is 0 Å². The van der Waals surface area contributed by atoms with Crippen LogP contribution in [0.5, 0.6) is 0 Å². The zero-order valence-electron chi connectivity index (χ0n) is 13.1. The van der Waals surface area contributed by atoms with Crippen molar-refractivity contribution < 1.29 is 9.59 Å². The zero-order valence-corrected chi connectivity index (χ0v) is 13.1. The molecule has 1 fully saturated rings. The quantitative estimate of drug-likeness (QED) is 0.791. The number of likely N-dealkylation sites (tertiary alicyclic amines) is 1. The number of pyridine rings is 1. The molecule has 1 aromatic heterocycles. The maximum Gasteiger partial charge on any atom is 0.247 e. The van der Waals surface area contributed by atoms with E-state index in [2.05, 4.69) is 4.98 Å². The van der Waals surface area contributed by atoms with Crippen LogP contribution in [0.1, 0.15) is 17.5 Å². The average Bonchev–Trinajstić information content (AvgIpc) is 2.85. The van der Waals surface area contributed by atoms with Crippen LogP contribution in [0.3, 0.4) is 0 Å². The van der Waals surface area contributed by atoms with Crippen molar-refractivity contribution in [3.8, 4) is 0 Å². The Morgan fingerprint density at radius 2 is 1.87 bits per heavy atom. The van der Waals surface area contributed by atoms with Gasteiger partial charge in [-0.05, 0) is 24.2 Å². The van der Waals surface area contributed by atoms with Crippen LogP contribution in [-0.4, -0.2) is 39.7 Å². The summed E-state index contributed by atoms with van der Waals surface area (Å²) in [6.45, 7) is 0.937. The highest BCUT2D eigenvalue weighted by molar-refractivity contribution is 6.05. The molecular formula is C18H19N3O2. The molecule has 2 aromatic rings. The Morgan fingerprint density at radius 1 is 1.13 bits per heavy atom. The number of likely N-dealkylation sites (N-methyl/N-ethyl adjacent to an activating group) is 1. The molecule has 23 heavy (non-hydrogen) atoms. The third-order valence-electron chi connectivity index (χ3n) is 4.09. The van der Waals surface area contributed by atoms with E-state index >= 15 is 0 Å². The molecule has 118 valence electrons. The lowest BCUT2D eigenvalue weighted by molar-refractivity contribution is -0.140. The molecule has 2 amide bonds. The van der Waals surface area contributed by atoms with Gasteiger partial charge in [-0.1, -0.05) is 36.4 Å². The average molecular weight is 309 g/mol. The highest BCUT2D eigenvalue weighted by Crippen LogP contribution is 2.21. The number of aromatic nitrogens is 1. The molecule has 1 unspecified atom stereocenters. The van der Waals surface area contributed by atoms with E-state index in [4.69, 9.17) is 0 Å². The van der Waals surface area contributed by atoms with Gasteiger partial charge in [0.25, 0.3) is 0 Å². The molecule has 1 saturated heterocycles. The number of nitrogens with zero attached hydrogens (tertiary/aromatic N) is 3. The van der Waals surface area contributed by atoms with Crippen molar-refractivity contribution in [3.63, 3.8) is 0 Å². The van der Waals surface area contributed by atoms with Crippen LogP contribution in [-0.2, 0) is 22.7 Å². The van der Waals surface area contributed by atoms with Crippen LogP contribution in [0.15, 0.2) is 54.9 Å². The van der Waals surface area contributed by atoms with Crippen LogP contribution in [0.2, 0.25) is 0 Å². The number of carbonyl (C=O) groups excluding carboxylic acids is 2. The van der Waals surface area contributed by atoms with Crippen LogP contribution in [0, 0.1) is 0 Å². The monoisotopic (exact) mass is 309 g/mol. The number of hydrogen-bond acceptors (Lipinski definition) is 4. The predicted molar refractivity (Wildman–Crippen MR) is 86.1 cm³/mol. The summed E-state index contributed by atoms with van der Waals surface area (Å²) in [5.74, 6) is -0.230. The van der Waals surface area contributed by atoms with Crippen molar-refractivity contribution in [2.75, 3.05) is 7.05 Å². The molecule has 1 aliphatic heterocycles. The lowest BCUT2D eigenvalue weighted by Gasteiger charge is -2.22. The first-order valence-electron chi connectivity index (χ1n) is 7.62. The fourth-order valence-corrected chi connectivity index (χ4v) is 2.83. The predicted octanol–water partition coefficient (Wildman–Crippen LogP) is 1.84. The van der Waals surface area contributed by atoms with Gasteiger partial charge in [-0.15, -0.1) is 0 Å². The molecular weight excluding hydrogens is 290 g/mol. The number of rotatable bonds is 5. The van der Waals surface area contributed by atoms with Gasteiger partial charge in [0.05, 0.1) is 19.0 Å². The highest BCUT2D eigenvalue weighted by Gasteiger charge is 2.40. The Kier molecular flexibility index (Phi) is 4.48. The number of benzene rings is 1. The fourth-order valence-electron chi connectivity index (χ4n) is 2.83. The van der Waals surface area contributed by atoms with E-state index in [0.717, 1.165) is 11.1 Å². The van der Waals surface area contributed by atoms with Crippen molar-refractivity contribution in [3.05, 3.63) is 66.0 Å². The van der Waals surface area contributed by atoms with Crippen LogP contribution in [0.25, 0.3) is 0 Å². The summed E-state index contributed by atoms with van der Waals surface area (Å²) < 4.78 is 0. The van der Waals surface area contributed by atoms with Crippen molar-refractivity contribution in [2.24, 2.45) is 0 Å². The topological polar surface area (TPSA) is 53.5 Å². The summed E-state index contributed by atoms with van der Waals surface area (Å²) in [7, 11) is 1.87. The number of hydrogen-bond donors (Lipinski definition) is 0. The Hall–Kier alpha value is -2.53. The Bertz CT molecular complexity index is 688. The molecule has 5 heteroatoms. The van der Waals surface area contributed by atoms with Crippen molar-refractivity contribution >= 4 is 11.8 Å². The first kappa shape index (κ1) is 15.4. The van der Waals surface area contributed by atoms with Crippen molar-refractivity contribution in [2.45, 2.75) is 25.6 Å². The molecule has 0 bridgehead atoms. The molecule has 0 saturated carbocycles. The van der Waals surface area contributed by atoms with Gasteiger partial charge in [-0.2, -0.15) is 0 Å². The van der Waals surface area contributed by atoms with Gasteiger partial charge in [-0.25, -0.2) is 0 Å². The molecule has 5 nitrogen and oxygen atoms in total. The minimum absolute atomic E-state index is 0.109. The van der Waals surface area contributed by atoms with Crippen molar-refractivity contribution in [1.29, 1.82) is 0 Å². The molecule has 1 atom stereocenters. The van der Waals surface area contributed by atoms with Gasteiger partial charge in [-0.3, -0.25) is 24.4 Å². The standard InChI is InChI=1S/C18H19N3O2/c1-20(12-15-8-5-9-19-11-15)16-10-17(22)21(18(16)23)13-14-6-3-2-4-7-14/h2-9,11,16H,10,12-13H2,1H3. The van der Waals surface area contributed by atoms with E-state index in [-0.39, 0.29) is 18.2 Å². The maximum absolute atomic E-state index is 12.6. The smallest absolute Gasteiger partial charge is 0.247 e. The van der Waals surface area contributed by atoms with E-state index in [1.807, 2.05) is 54.4 Å². The summed E-state index contributed by atoms with van der Waals surface area (Å²) in [6, 6.07) is 13.0. The van der Waals surface area contributed by atoms with Crippen molar-refractivity contribution in [1.82, 2.24) is 14.8 Å². The van der Waals surface area contributed by atoms with Gasteiger partial charge in [0, 0.05) is 18.9 Å². The van der Waals surface area contributed by atoms with Gasteiger partial charge in [0.15, 0.2) is 0 Å². The number of amides is 2. The van der Waals surface area contributed by atoms with Gasteiger partial charge >= 0.3 is 0 Å². The second kappa shape index (κ2) is 6.71. The molecule has 0 aliphatic carbocycles. The van der Waals surface area contributed by atoms with Crippen LogP contribution < -0.4 is 0 Å². The number of carbonyl (C=O) groups is 2. The zero-order chi connectivity index (χ0) is 16.2. The Morgan fingerprint density at radius 3 is 2.57 bits per heavy atom. The number of imide groups is 1. The molecule has 2 heterocycles. The summed E-state index contributed by atoms with van der Waals surface area (Å²) in [6.07, 6.45) is 3.73. The Labute approximate surface area is 135 Å². The van der Waals surface area contributed by atoms with E-state index in [1.54, 1.807) is 12.4 Å². The van der Waals surface area contributed by atoms with Crippen LogP contribution in [0.4, 0.5) is 0 Å².